The van der Waals surface area contributed by atoms with Gasteiger partial charge in [0.25, 0.3) is 0 Å². The summed E-state index contributed by atoms with van der Waals surface area (Å²) in [5.74, 6) is 0. The molecule has 2 heterocycles. The van der Waals surface area contributed by atoms with Gasteiger partial charge < -0.3 is 0 Å². The van der Waals surface area contributed by atoms with Gasteiger partial charge in [0.15, 0.2) is 5.10 Å². The smallest absolute Gasteiger partial charge is 0.256 e. The molecular weight excluding hydrogens is 150 g/mol. The molecule has 1 aromatic carbocycles. The number of rotatable bonds is 0. The van der Waals surface area contributed by atoms with Gasteiger partial charge in [0.2, 0.25) is 0 Å². The van der Waals surface area contributed by atoms with E-state index in [4.69, 9.17) is 0 Å². The molecule has 1 radical (unpaired) electrons. The molecule has 1 N–H and O–H groups in total. The van der Waals surface area contributed by atoms with Crippen molar-refractivity contribution in [1.82, 2.24) is 10.5 Å². The Morgan fingerprint density at radius 1 is 1.42 bits per heavy atom. The molecule has 0 saturated carbocycles. The van der Waals surface area contributed by atoms with E-state index < -0.39 is 0 Å². The highest BCUT2D eigenvalue weighted by Gasteiger charge is 2.19. The summed E-state index contributed by atoms with van der Waals surface area (Å²) < 4.78 is 0. The maximum absolute atomic E-state index is 4.29. The van der Waals surface area contributed by atoms with Crippen LogP contribution in [0, 0.1) is 0 Å². The summed E-state index contributed by atoms with van der Waals surface area (Å²) in [6, 6.07) is 4.08. The first-order valence-corrected chi connectivity index (χ1v) is 3.92. The van der Waals surface area contributed by atoms with E-state index in [1.165, 1.54) is 10.8 Å². The zero-order valence-corrected chi connectivity index (χ0v) is 6.41. The SMILES string of the molecule is C1=Nc2c3c(ccc2=C1)=[N+]NC3. The van der Waals surface area contributed by atoms with Gasteiger partial charge in [-0.25, -0.2) is 0 Å². The monoisotopic (exact) mass is 157 g/mol. The number of benzene rings is 1. The van der Waals surface area contributed by atoms with Crippen LogP contribution in [0.25, 0.3) is 6.08 Å². The second-order valence-corrected chi connectivity index (χ2v) is 2.89. The average Bonchev–Trinajstić information content (AvgIpc) is 2.71. The second kappa shape index (κ2) is 1.94. The third-order valence-corrected chi connectivity index (χ3v) is 2.20. The van der Waals surface area contributed by atoms with Crippen molar-refractivity contribution in [1.29, 1.82) is 0 Å². The molecule has 57 valence electrons. The van der Waals surface area contributed by atoms with Gasteiger partial charge in [-0.3, -0.25) is 4.99 Å². The van der Waals surface area contributed by atoms with Gasteiger partial charge in [-0.15, -0.1) is 5.43 Å². The van der Waals surface area contributed by atoms with Gasteiger partial charge in [0.1, 0.15) is 6.54 Å². The third-order valence-electron chi connectivity index (χ3n) is 2.20. The van der Waals surface area contributed by atoms with Gasteiger partial charge in [0.05, 0.1) is 11.3 Å². The minimum Gasteiger partial charge on any atom is -0.256 e. The lowest BCUT2D eigenvalue weighted by atomic mass is 10.1. The van der Waals surface area contributed by atoms with Gasteiger partial charge in [-0.1, -0.05) is 0 Å². The predicted molar refractivity (Wildman–Crippen MR) is 46.4 cm³/mol. The van der Waals surface area contributed by atoms with Crippen LogP contribution < -0.4 is 21.1 Å². The van der Waals surface area contributed by atoms with E-state index in [2.05, 4.69) is 21.6 Å². The van der Waals surface area contributed by atoms with Crippen LogP contribution in [0.15, 0.2) is 17.1 Å². The topological polar surface area (TPSA) is 38.5 Å². The quantitative estimate of drug-likeness (QED) is 0.524. The Labute approximate surface area is 69.1 Å². The van der Waals surface area contributed by atoms with Crippen molar-refractivity contribution < 1.29 is 0 Å². The van der Waals surface area contributed by atoms with Crippen LogP contribution in [0.2, 0.25) is 0 Å². The summed E-state index contributed by atoms with van der Waals surface area (Å²) in [7, 11) is 0. The summed E-state index contributed by atoms with van der Waals surface area (Å²) in [6.45, 7) is 0.809. The van der Waals surface area contributed by atoms with E-state index in [9.17, 15) is 0 Å². The van der Waals surface area contributed by atoms with E-state index in [-0.39, 0.29) is 0 Å². The molecule has 2 aliphatic rings. The highest BCUT2D eigenvalue weighted by molar-refractivity contribution is 5.97. The van der Waals surface area contributed by atoms with Crippen molar-refractivity contribution in [2.75, 3.05) is 0 Å². The molecule has 0 amide bonds. The van der Waals surface area contributed by atoms with Crippen LogP contribution in [-0.2, 0) is 6.54 Å². The van der Waals surface area contributed by atoms with Gasteiger partial charge in [0, 0.05) is 17.5 Å². The Bertz CT molecular complexity index is 485. The fraction of sp³-hybridized carbons (Fsp3) is 0.111. The first kappa shape index (κ1) is 5.94. The van der Waals surface area contributed by atoms with Crippen LogP contribution in [0.5, 0.6) is 0 Å². The van der Waals surface area contributed by atoms with Gasteiger partial charge in [-0.2, -0.15) is 0 Å². The van der Waals surface area contributed by atoms with Crippen molar-refractivity contribution in [3.05, 3.63) is 28.3 Å². The maximum atomic E-state index is 4.29. The van der Waals surface area contributed by atoms with E-state index in [1.807, 2.05) is 18.4 Å². The fourth-order valence-corrected chi connectivity index (χ4v) is 1.61. The molecule has 3 nitrogen and oxygen atoms in total. The maximum Gasteiger partial charge on any atom is 0.317 e. The van der Waals surface area contributed by atoms with Crippen LogP contribution >= 0.6 is 0 Å². The van der Waals surface area contributed by atoms with Crippen LogP contribution in [0.4, 0.5) is 5.69 Å². The largest absolute Gasteiger partial charge is 0.317 e. The summed E-state index contributed by atoms with van der Waals surface area (Å²) in [5, 5.41) is 6.37. The lowest BCUT2D eigenvalue weighted by Crippen LogP contribution is -2.14. The summed E-state index contributed by atoms with van der Waals surface area (Å²) in [5.41, 5.74) is 5.26. The number of hydrogen-bond acceptors (Lipinski definition) is 3. The molecule has 1 aromatic rings. The van der Waals surface area contributed by atoms with Gasteiger partial charge >= 0.3 is 5.36 Å². The Morgan fingerprint density at radius 2 is 2.42 bits per heavy atom. The lowest BCUT2D eigenvalue weighted by molar-refractivity contribution is 0.706. The molecule has 0 bridgehead atoms. The molecule has 12 heavy (non-hydrogen) atoms. The molecule has 2 aliphatic heterocycles. The number of hydrogen-bond donors (Lipinski definition) is 1. The highest BCUT2D eigenvalue weighted by Crippen LogP contribution is 2.12. The Morgan fingerprint density at radius 3 is 3.42 bits per heavy atom. The fourth-order valence-electron chi connectivity index (χ4n) is 1.61. The summed E-state index contributed by atoms with van der Waals surface area (Å²) >= 11 is 0. The second-order valence-electron chi connectivity index (χ2n) is 2.89. The summed E-state index contributed by atoms with van der Waals surface area (Å²) in [4.78, 5) is 4.29. The molecule has 3 rings (SSSR count). The lowest BCUT2D eigenvalue weighted by Gasteiger charge is -1.91. The Kier molecular flexibility index (Phi) is 0.961. The normalized spacial score (nSPS) is 16.0. The van der Waals surface area contributed by atoms with Crippen LogP contribution in [-0.4, -0.2) is 6.21 Å². The molecule has 3 heteroatoms. The van der Waals surface area contributed by atoms with Crippen LogP contribution in [0.3, 0.4) is 0 Å². The average molecular weight is 157 g/mol. The molecule has 0 saturated heterocycles. The molecule has 0 atom stereocenters. The molecule has 0 fully saturated rings. The third kappa shape index (κ3) is 0.605. The van der Waals surface area contributed by atoms with Gasteiger partial charge in [-0.05, 0) is 12.1 Å². The van der Waals surface area contributed by atoms with Crippen molar-refractivity contribution >= 4 is 18.0 Å². The minimum atomic E-state index is 0.809. The van der Waals surface area contributed by atoms with E-state index >= 15 is 0 Å². The van der Waals surface area contributed by atoms with Crippen molar-refractivity contribution in [2.24, 2.45) is 4.99 Å². The molecule has 0 unspecified atom stereocenters. The van der Waals surface area contributed by atoms with E-state index in [1.54, 1.807) is 0 Å². The van der Waals surface area contributed by atoms with Crippen molar-refractivity contribution in [3.63, 3.8) is 0 Å². The predicted octanol–water partition coefficient (Wildman–Crippen LogP) is -0.843. The van der Waals surface area contributed by atoms with Crippen molar-refractivity contribution in [3.8, 4) is 0 Å². The molecular formula is C9H7N3+. The van der Waals surface area contributed by atoms with E-state index in [0.717, 1.165) is 17.6 Å². The standard InChI is InChI=1S/C9H7N3/c1-2-8-7(5-11-12-8)9-6(1)3-4-10-9/h1-4,11H,5H2/q+1. The first-order chi connectivity index (χ1) is 5.95. The van der Waals surface area contributed by atoms with Crippen molar-refractivity contribution in [2.45, 2.75) is 6.54 Å². The summed E-state index contributed by atoms with van der Waals surface area (Å²) in [6.07, 6.45) is 3.86. The molecule has 0 aromatic heterocycles. The number of aliphatic imine (C=N–C) groups is 1. The Hall–Kier alpha value is -1.64. The molecule has 0 aliphatic carbocycles. The zero-order valence-electron chi connectivity index (χ0n) is 6.41. The number of nitrogens with zero attached hydrogens (tertiary/aromatic N) is 2. The zero-order chi connectivity index (χ0) is 7.97. The number of fused-ring (bicyclic) bond motifs is 3. The molecule has 0 spiro atoms. The number of nitrogens with one attached hydrogen (secondary N) is 1. The van der Waals surface area contributed by atoms with Crippen LogP contribution in [0.1, 0.15) is 5.56 Å². The minimum absolute atomic E-state index is 0.809. The first-order valence-electron chi connectivity index (χ1n) is 3.92. The Balaban J connectivity index is 2.50. The van der Waals surface area contributed by atoms with E-state index in [0.29, 0.717) is 0 Å². The highest BCUT2D eigenvalue weighted by atomic mass is 15.3.